The third-order valence-electron chi connectivity index (χ3n) is 5.09. The van der Waals surface area contributed by atoms with E-state index in [9.17, 15) is 29.3 Å². The molecule has 0 radical (unpaired) electrons. The fourth-order valence-electron chi connectivity index (χ4n) is 3.49. The number of ether oxygens (including phenoxy) is 1. The van der Waals surface area contributed by atoms with Crippen molar-refractivity contribution in [1.29, 1.82) is 0 Å². The molecule has 0 atom stereocenters. The van der Waals surface area contributed by atoms with Crippen LogP contribution in [0.3, 0.4) is 0 Å². The first-order valence-electron chi connectivity index (χ1n) is 10.1. The van der Waals surface area contributed by atoms with Gasteiger partial charge in [0.1, 0.15) is 5.69 Å². The summed E-state index contributed by atoms with van der Waals surface area (Å²) in [5, 5.41) is 13.5. The lowest BCUT2D eigenvalue weighted by Gasteiger charge is -2.15. The quantitative estimate of drug-likeness (QED) is 0.258. The van der Waals surface area contributed by atoms with Gasteiger partial charge in [-0.25, -0.2) is 9.69 Å². The van der Waals surface area contributed by atoms with Crippen LogP contribution in [0.4, 0.5) is 17.1 Å². The Hall–Kier alpha value is -4.86. The molecule has 0 aliphatic carbocycles. The van der Waals surface area contributed by atoms with Crippen molar-refractivity contribution in [3.05, 3.63) is 99.1 Å². The van der Waals surface area contributed by atoms with Crippen molar-refractivity contribution in [2.24, 2.45) is 0 Å². The zero-order chi connectivity index (χ0) is 24.4. The SMILES string of the molecule is Cc1ccc(NC(=O)COC(=O)c2cccc(N3C(=O)c4ccccc4C3=O)c2)c([N+](=O)[O-])c1. The van der Waals surface area contributed by atoms with Gasteiger partial charge < -0.3 is 10.1 Å². The number of hydrogen-bond acceptors (Lipinski definition) is 7. The molecule has 10 heteroatoms. The Morgan fingerprint density at radius 2 is 1.65 bits per heavy atom. The number of fused-ring (bicyclic) bond motifs is 1. The molecule has 1 aliphatic heterocycles. The summed E-state index contributed by atoms with van der Waals surface area (Å²) in [6, 6.07) is 16.4. The van der Waals surface area contributed by atoms with Crippen LogP contribution in [0.25, 0.3) is 0 Å². The molecule has 1 heterocycles. The van der Waals surface area contributed by atoms with Crippen LogP contribution in [0.2, 0.25) is 0 Å². The molecule has 170 valence electrons. The highest BCUT2D eigenvalue weighted by atomic mass is 16.6. The summed E-state index contributed by atoms with van der Waals surface area (Å²) in [5.74, 6) is -2.65. The van der Waals surface area contributed by atoms with E-state index in [4.69, 9.17) is 4.74 Å². The number of benzene rings is 3. The number of nitrogens with one attached hydrogen (secondary N) is 1. The van der Waals surface area contributed by atoms with Gasteiger partial charge in [-0.1, -0.05) is 24.3 Å². The van der Waals surface area contributed by atoms with E-state index in [1.165, 1.54) is 36.4 Å². The monoisotopic (exact) mass is 459 g/mol. The third-order valence-corrected chi connectivity index (χ3v) is 5.09. The Labute approximate surface area is 192 Å². The number of anilines is 2. The lowest BCUT2D eigenvalue weighted by molar-refractivity contribution is -0.384. The van der Waals surface area contributed by atoms with Gasteiger partial charge in [0.25, 0.3) is 23.4 Å². The van der Waals surface area contributed by atoms with E-state index in [0.29, 0.717) is 5.56 Å². The predicted molar refractivity (Wildman–Crippen MR) is 121 cm³/mol. The fraction of sp³-hybridized carbons (Fsp3) is 0.0833. The molecule has 10 nitrogen and oxygen atoms in total. The summed E-state index contributed by atoms with van der Waals surface area (Å²) in [6.07, 6.45) is 0. The fourth-order valence-corrected chi connectivity index (χ4v) is 3.49. The van der Waals surface area contributed by atoms with E-state index in [-0.39, 0.29) is 33.8 Å². The molecular weight excluding hydrogens is 442 g/mol. The van der Waals surface area contributed by atoms with Gasteiger partial charge in [-0.15, -0.1) is 0 Å². The van der Waals surface area contributed by atoms with Gasteiger partial charge in [0.2, 0.25) is 0 Å². The Morgan fingerprint density at radius 1 is 0.971 bits per heavy atom. The number of nitro groups is 1. The summed E-state index contributed by atoms with van der Waals surface area (Å²) < 4.78 is 5.01. The molecule has 0 fully saturated rings. The Kier molecular flexibility index (Phi) is 5.88. The van der Waals surface area contributed by atoms with Gasteiger partial charge in [0.15, 0.2) is 6.61 Å². The van der Waals surface area contributed by atoms with Crippen LogP contribution in [0.5, 0.6) is 0 Å². The van der Waals surface area contributed by atoms with Crippen molar-refractivity contribution in [1.82, 2.24) is 0 Å². The molecule has 3 aromatic rings. The van der Waals surface area contributed by atoms with Gasteiger partial charge in [0.05, 0.1) is 27.3 Å². The van der Waals surface area contributed by atoms with Crippen molar-refractivity contribution in [2.45, 2.75) is 6.92 Å². The van der Waals surface area contributed by atoms with Gasteiger partial charge in [-0.2, -0.15) is 0 Å². The second-order valence-corrected chi connectivity index (χ2v) is 7.44. The molecule has 0 saturated heterocycles. The lowest BCUT2D eigenvalue weighted by Crippen LogP contribution is -2.29. The summed E-state index contributed by atoms with van der Waals surface area (Å²) in [6.45, 7) is 0.984. The van der Waals surface area contributed by atoms with Crippen LogP contribution in [-0.2, 0) is 9.53 Å². The molecule has 3 aromatic carbocycles. The van der Waals surface area contributed by atoms with Gasteiger partial charge >= 0.3 is 5.97 Å². The standard InChI is InChI=1S/C24H17N3O7/c1-14-9-10-19(20(11-14)27(32)33)25-21(28)13-34-24(31)15-5-4-6-16(12-15)26-22(29)17-7-2-3-8-18(17)23(26)30/h2-12H,13H2,1H3,(H,25,28). The van der Waals surface area contributed by atoms with Gasteiger partial charge in [-0.3, -0.25) is 24.5 Å². The van der Waals surface area contributed by atoms with E-state index in [0.717, 1.165) is 4.90 Å². The Morgan fingerprint density at radius 3 is 2.29 bits per heavy atom. The number of hydrogen-bond donors (Lipinski definition) is 1. The minimum Gasteiger partial charge on any atom is -0.452 e. The normalized spacial score (nSPS) is 12.3. The van der Waals surface area contributed by atoms with Crippen LogP contribution in [0.1, 0.15) is 36.6 Å². The highest BCUT2D eigenvalue weighted by Crippen LogP contribution is 2.29. The number of imide groups is 1. The van der Waals surface area contributed by atoms with E-state index in [1.54, 1.807) is 37.3 Å². The first-order valence-corrected chi connectivity index (χ1v) is 10.1. The molecular formula is C24H17N3O7. The molecule has 1 aliphatic rings. The summed E-state index contributed by atoms with van der Waals surface area (Å²) in [7, 11) is 0. The average molecular weight is 459 g/mol. The second kappa shape index (κ2) is 8.94. The number of carbonyl (C=O) groups excluding carboxylic acids is 4. The maximum Gasteiger partial charge on any atom is 0.338 e. The van der Waals surface area contributed by atoms with E-state index < -0.39 is 35.2 Å². The smallest absolute Gasteiger partial charge is 0.338 e. The molecule has 0 unspecified atom stereocenters. The first kappa shape index (κ1) is 22.3. The topological polar surface area (TPSA) is 136 Å². The first-order chi connectivity index (χ1) is 16.3. The molecule has 4 rings (SSSR count). The lowest BCUT2D eigenvalue weighted by atomic mass is 10.1. The zero-order valence-electron chi connectivity index (χ0n) is 17.8. The van der Waals surface area contributed by atoms with Crippen molar-refractivity contribution < 1.29 is 28.8 Å². The number of esters is 1. The van der Waals surface area contributed by atoms with Crippen LogP contribution in [-0.4, -0.2) is 35.2 Å². The minimum absolute atomic E-state index is 0.0168. The maximum atomic E-state index is 12.7. The number of amides is 3. The van der Waals surface area contributed by atoms with E-state index in [1.807, 2.05) is 0 Å². The van der Waals surface area contributed by atoms with Crippen LogP contribution in [0, 0.1) is 17.0 Å². The predicted octanol–water partition coefficient (Wildman–Crippen LogP) is 3.50. The van der Waals surface area contributed by atoms with Gasteiger partial charge in [0, 0.05) is 6.07 Å². The number of nitrogens with zero attached hydrogens (tertiary/aromatic N) is 2. The molecule has 1 N–H and O–H groups in total. The van der Waals surface area contributed by atoms with E-state index in [2.05, 4.69) is 5.32 Å². The second-order valence-electron chi connectivity index (χ2n) is 7.44. The molecule has 34 heavy (non-hydrogen) atoms. The summed E-state index contributed by atoms with van der Waals surface area (Å²) in [5.41, 5.74) is 1.07. The summed E-state index contributed by atoms with van der Waals surface area (Å²) in [4.78, 5) is 61.5. The van der Waals surface area contributed by atoms with Crippen molar-refractivity contribution in [3.63, 3.8) is 0 Å². The van der Waals surface area contributed by atoms with Crippen LogP contribution in [0.15, 0.2) is 66.7 Å². The van der Waals surface area contributed by atoms with Crippen molar-refractivity contribution >= 4 is 40.8 Å². The molecule has 0 saturated carbocycles. The zero-order valence-corrected chi connectivity index (χ0v) is 17.8. The number of nitro benzene ring substituents is 1. The Bertz CT molecular complexity index is 1330. The average Bonchev–Trinajstić information content (AvgIpc) is 3.08. The van der Waals surface area contributed by atoms with E-state index >= 15 is 0 Å². The van der Waals surface area contributed by atoms with Crippen LogP contribution < -0.4 is 10.2 Å². The highest BCUT2D eigenvalue weighted by molar-refractivity contribution is 6.34. The van der Waals surface area contributed by atoms with Gasteiger partial charge in [-0.05, 0) is 48.9 Å². The molecule has 3 amide bonds. The number of carbonyl (C=O) groups is 4. The highest BCUT2D eigenvalue weighted by Gasteiger charge is 2.36. The number of rotatable bonds is 6. The molecule has 0 spiro atoms. The molecule has 0 bridgehead atoms. The molecule has 0 aromatic heterocycles. The minimum atomic E-state index is -0.869. The maximum absolute atomic E-state index is 12.7. The number of aryl methyl sites for hydroxylation is 1. The summed E-state index contributed by atoms with van der Waals surface area (Å²) >= 11 is 0. The largest absolute Gasteiger partial charge is 0.452 e. The van der Waals surface area contributed by atoms with Crippen LogP contribution >= 0.6 is 0 Å². The van der Waals surface area contributed by atoms with Crippen molar-refractivity contribution in [2.75, 3.05) is 16.8 Å². The Balaban J connectivity index is 1.44. The third kappa shape index (κ3) is 4.24. The van der Waals surface area contributed by atoms with Crippen molar-refractivity contribution in [3.8, 4) is 0 Å².